The number of nitriles is 2. The largest absolute Gasteiger partial charge is 0.351 e. The highest BCUT2D eigenvalue weighted by Gasteiger charge is 2.55. The normalized spacial score (nSPS) is 36.4. The van der Waals surface area contributed by atoms with Crippen molar-refractivity contribution in [3.8, 4) is 12.1 Å². The summed E-state index contributed by atoms with van der Waals surface area (Å²) in [5.41, 5.74) is 7.04. The topological polar surface area (TPSA) is 110 Å². The summed E-state index contributed by atoms with van der Waals surface area (Å²) in [6, 6.07) is 8.25. The molecule has 1 amide bonds. The maximum Gasteiger partial charge on any atom is 0.241 e. The molecule has 7 nitrogen and oxygen atoms in total. The van der Waals surface area contributed by atoms with Crippen molar-refractivity contribution >= 4 is 11.7 Å². The van der Waals surface area contributed by atoms with Crippen molar-refractivity contribution in [3.63, 3.8) is 0 Å². The fraction of sp³-hybridized carbons (Fsp3) is 0.619. The van der Waals surface area contributed by atoms with Crippen LogP contribution in [0.25, 0.3) is 0 Å². The molecule has 4 heterocycles. The Balaban J connectivity index is 1.30. The van der Waals surface area contributed by atoms with E-state index in [4.69, 9.17) is 11.0 Å². The van der Waals surface area contributed by atoms with Crippen LogP contribution in [0.3, 0.4) is 0 Å². The minimum Gasteiger partial charge on any atom is -0.351 e. The second-order valence-corrected chi connectivity index (χ2v) is 8.76. The van der Waals surface area contributed by atoms with E-state index in [9.17, 15) is 10.1 Å². The van der Waals surface area contributed by atoms with Crippen molar-refractivity contribution in [1.29, 1.82) is 10.5 Å². The number of piperidine rings is 2. The minimum atomic E-state index is -0.519. The van der Waals surface area contributed by atoms with E-state index in [2.05, 4.69) is 22.0 Å². The van der Waals surface area contributed by atoms with E-state index in [0.29, 0.717) is 23.6 Å². The third-order valence-corrected chi connectivity index (χ3v) is 7.21. The predicted molar refractivity (Wildman–Crippen MR) is 102 cm³/mol. The van der Waals surface area contributed by atoms with Crippen LogP contribution in [0, 0.1) is 34.5 Å². The summed E-state index contributed by atoms with van der Waals surface area (Å²) >= 11 is 0. The monoisotopic (exact) mass is 376 g/mol. The first-order valence-electron chi connectivity index (χ1n) is 10.2. The smallest absolute Gasteiger partial charge is 0.241 e. The predicted octanol–water partition coefficient (Wildman–Crippen LogP) is 1.54. The molecule has 4 fully saturated rings. The molecule has 0 aromatic carbocycles. The van der Waals surface area contributed by atoms with Crippen molar-refractivity contribution in [2.24, 2.45) is 17.6 Å². The second kappa shape index (κ2) is 6.46. The average molecular weight is 376 g/mol. The number of nitrogens with zero attached hydrogens (tertiary/aromatic N) is 5. The summed E-state index contributed by atoms with van der Waals surface area (Å²) in [7, 11) is 0. The molecule has 2 N–H and O–H groups in total. The Morgan fingerprint density at radius 3 is 2.54 bits per heavy atom. The summed E-state index contributed by atoms with van der Waals surface area (Å²) in [5, 5.41) is 18.4. The number of carbonyl (C=O) groups excluding carboxylic acids is 1. The lowest BCUT2D eigenvalue weighted by atomic mass is 9.84. The van der Waals surface area contributed by atoms with Crippen LogP contribution >= 0.6 is 0 Å². The molecule has 5 rings (SSSR count). The van der Waals surface area contributed by atoms with Gasteiger partial charge in [-0.15, -0.1) is 0 Å². The maximum atomic E-state index is 13.1. The zero-order chi connectivity index (χ0) is 19.4. The van der Waals surface area contributed by atoms with E-state index in [1.807, 2.05) is 12.1 Å². The number of carbonyl (C=O) groups is 1. The lowest BCUT2D eigenvalue weighted by molar-refractivity contribution is -0.135. The van der Waals surface area contributed by atoms with Crippen LogP contribution in [0.1, 0.15) is 44.1 Å². The van der Waals surface area contributed by atoms with Crippen molar-refractivity contribution < 1.29 is 4.79 Å². The van der Waals surface area contributed by atoms with Gasteiger partial charge in [0.05, 0.1) is 17.7 Å². The number of nitrogens with two attached hydrogens (primary N) is 1. The van der Waals surface area contributed by atoms with Gasteiger partial charge in [0.1, 0.15) is 17.9 Å². The van der Waals surface area contributed by atoms with Crippen molar-refractivity contribution in [1.82, 2.24) is 9.88 Å². The van der Waals surface area contributed by atoms with E-state index in [1.54, 1.807) is 11.1 Å². The van der Waals surface area contributed by atoms with E-state index >= 15 is 0 Å². The van der Waals surface area contributed by atoms with Crippen LogP contribution in [0.2, 0.25) is 0 Å². The highest BCUT2D eigenvalue weighted by Crippen LogP contribution is 2.48. The Kier molecular flexibility index (Phi) is 4.03. The lowest BCUT2D eigenvalue weighted by Crippen LogP contribution is -2.54. The number of amides is 1. The van der Waals surface area contributed by atoms with Gasteiger partial charge in [-0.2, -0.15) is 10.5 Å². The van der Waals surface area contributed by atoms with Gasteiger partial charge in [0, 0.05) is 24.3 Å². The quantitative estimate of drug-likeness (QED) is 0.857. The Hall–Kier alpha value is -2.64. The molecular formula is C21H24N6O. The second-order valence-electron chi connectivity index (χ2n) is 8.76. The van der Waals surface area contributed by atoms with Gasteiger partial charge in [0.2, 0.25) is 5.91 Å². The summed E-state index contributed by atoms with van der Waals surface area (Å²) in [6.45, 7) is 0. The molecule has 7 atom stereocenters. The van der Waals surface area contributed by atoms with Crippen LogP contribution in [-0.2, 0) is 4.79 Å². The van der Waals surface area contributed by atoms with Crippen LogP contribution in [0.15, 0.2) is 18.3 Å². The van der Waals surface area contributed by atoms with Gasteiger partial charge in [-0.1, -0.05) is 0 Å². The zero-order valence-corrected chi connectivity index (χ0v) is 15.7. The molecule has 0 radical (unpaired) electrons. The first kappa shape index (κ1) is 17.5. The summed E-state index contributed by atoms with van der Waals surface area (Å²) in [4.78, 5) is 21.7. The number of rotatable bonds is 3. The highest BCUT2D eigenvalue weighted by molar-refractivity contribution is 5.84. The summed E-state index contributed by atoms with van der Waals surface area (Å²) in [6.07, 6.45) is 7.39. The third kappa shape index (κ3) is 2.65. The number of aromatic nitrogens is 1. The number of pyridine rings is 1. The lowest BCUT2D eigenvalue weighted by Gasteiger charge is -2.42. The Bertz CT molecular complexity index is 856. The Labute approximate surface area is 164 Å². The van der Waals surface area contributed by atoms with E-state index in [1.165, 1.54) is 0 Å². The highest BCUT2D eigenvalue weighted by atomic mass is 16.2. The van der Waals surface area contributed by atoms with Crippen molar-refractivity contribution in [2.45, 2.75) is 68.7 Å². The molecule has 1 aromatic rings. The van der Waals surface area contributed by atoms with Crippen LogP contribution in [-0.4, -0.2) is 46.0 Å². The molecule has 4 aliphatic rings. The molecule has 0 spiro atoms. The van der Waals surface area contributed by atoms with E-state index < -0.39 is 6.04 Å². The molecule has 28 heavy (non-hydrogen) atoms. The number of hydrogen-bond acceptors (Lipinski definition) is 6. The molecule has 2 bridgehead atoms. The van der Waals surface area contributed by atoms with Crippen LogP contribution in [0.4, 0.5) is 5.82 Å². The Morgan fingerprint density at radius 1 is 1.18 bits per heavy atom. The van der Waals surface area contributed by atoms with Gasteiger partial charge in [0.15, 0.2) is 0 Å². The van der Waals surface area contributed by atoms with Crippen molar-refractivity contribution in [2.75, 3.05) is 4.90 Å². The molecule has 144 valence electrons. The maximum absolute atomic E-state index is 13.1. The standard InChI is InChI=1S/C21H24N6O/c22-9-12-1-4-19(25-11-12)26-15-2-3-16(26)7-14(6-15)20(24)21(28)27-17(10-23)5-13-8-18(13)27/h1,4,11,13-18,20H,2-3,5-8,24H2/t13?,14?,15-,16?,17?,18?,20-/m0/s1. The van der Waals surface area contributed by atoms with Gasteiger partial charge in [-0.3, -0.25) is 4.79 Å². The number of anilines is 1. The molecular weight excluding hydrogens is 352 g/mol. The average Bonchev–Trinajstić information content (AvgIpc) is 3.32. The van der Waals surface area contributed by atoms with Gasteiger partial charge in [0.25, 0.3) is 0 Å². The van der Waals surface area contributed by atoms with E-state index in [-0.39, 0.29) is 23.9 Å². The summed E-state index contributed by atoms with van der Waals surface area (Å²) in [5.74, 6) is 1.55. The first-order valence-corrected chi connectivity index (χ1v) is 10.2. The third-order valence-electron chi connectivity index (χ3n) is 7.21. The van der Waals surface area contributed by atoms with Gasteiger partial charge >= 0.3 is 0 Å². The Morgan fingerprint density at radius 2 is 1.93 bits per heavy atom. The molecule has 1 aliphatic carbocycles. The fourth-order valence-electron chi connectivity index (χ4n) is 5.75. The van der Waals surface area contributed by atoms with E-state index in [0.717, 1.165) is 44.3 Å². The molecule has 3 saturated heterocycles. The number of hydrogen-bond donors (Lipinski definition) is 1. The fourth-order valence-corrected chi connectivity index (χ4v) is 5.75. The zero-order valence-electron chi connectivity index (χ0n) is 15.7. The number of fused-ring (bicyclic) bond motifs is 3. The minimum absolute atomic E-state index is 0.0223. The number of likely N-dealkylation sites (tertiary alicyclic amines) is 1. The SMILES string of the molecule is N#Cc1ccc(N2C3CC[C@H]2CC([C@H](N)C(=O)N2C(C#N)CC4CC42)C3)nc1. The first-order chi connectivity index (χ1) is 13.6. The van der Waals surface area contributed by atoms with Gasteiger partial charge in [-0.25, -0.2) is 4.98 Å². The molecule has 7 heteroatoms. The molecule has 1 saturated carbocycles. The van der Waals surface area contributed by atoms with Crippen molar-refractivity contribution in [3.05, 3.63) is 23.9 Å². The van der Waals surface area contributed by atoms with Crippen LogP contribution in [0.5, 0.6) is 0 Å². The van der Waals surface area contributed by atoms with Gasteiger partial charge in [-0.05, 0) is 62.5 Å². The molecule has 1 aromatic heterocycles. The molecule has 5 unspecified atom stereocenters. The van der Waals surface area contributed by atoms with Gasteiger partial charge < -0.3 is 15.5 Å². The van der Waals surface area contributed by atoms with Crippen LogP contribution < -0.4 is 10.6 Å². The summed E-state index contributed by atoms with van der Waals surface area (Å²) < 4.78 is 0. The molecule has 3 aliphatic heterocycles.